The number of ketones is 1. The van der Waals surface area contributed by atoms with Crippen molar-refractivity contribution < 1.29 is 19.4 Å². The van der Waals surface area contributed by atoms with E-state index in [9.17, 15) is 14.7 Å². The van der Waals surface area contributed by atoms with E-state index in [0.29, 0.717) is 22.6 Å². The Morgan fingerprint density at radius 1 is 0.943 bits per heavy atom. The van der Waals surface area contributed by atoms with Gasteiger partial charge in [-0.15, -0.1) is 0 Å². The van der Waals surface area contributed by atoms with Crippen LogP contribution >= 0.6 is 0 Å². The van der Waals surface area contributed by atoms with Gasteiger partial charge in [0.15, 0.2) is 0 Å². The number of anilines is 1. The van der Waals surface area contributed by atoms with Crippen LogP contribution in [0.1, 0.15) is 57.4 Å². The number of carbonyl (C=O) groups is 2. The summed E-state index contributed by atoms with van der Waals surface area (Å²) in [6.07, 6.45) is 3.22. The fourth-order valence-corrected chi connectivity index (χ4v) is 4.20. The highest BCUT2D eigenvalue weighted by Crippen LogP contribution is 2.42. The lowest BCUT2D eigenvalue weighted by atomic mass is 9.87. The third-order valence-electron chi connectivity index (χ3n) is 5.98. The van der Waals surface area contributed by atoms with Gasteiger partial charge in [-0.2, -0.15) is 0 Å². The molecule has 1 aliphatic rings. The maximum atomic E-state index is 13.3. The fraction of sp³-hybridized carbons (Fsp3) is 0.276. The average molecular weight is 471 g/mol. The minimum absolute atomic E-state index is 0.0103. The second-order valence-electron chi connectivity index (χ2n) is 9.94. The maximum absolute atomic E-state index is 13.3. The number of amides is 1. The Labute approximate surface area is 205 Å². The minimum atomic E-state index is -0.787. The van der Waals surface area contributed by atoms with Crippen LogP contribution in [0.15, 0.2) is 78.6 Å². The Morgan fingerprint density at radius 3 is 2.09 bits per heavy atom. The number of aliphatic hydroxyl groups is 1. The number of hydrogen-bond donors (Lipinski definition) is 1. The number of aromatic nitrogens is 1. The van der Waals surface area contributed by atoms with E-state index in [0.717, 1.165) is 5.56 Å². The maximum Gasteiger partial charge on any atom is 0.300 e. The van der Waals surface area contributed by atoms with Gasteiger partial charge < -0.3 is 9.84 Å². The van der Waals surface area contributed by atoms with Gasteiger partial charge >= 0.3 is 0 Å². The summed E-state index contributed by atoms with van der Waals surface area (Å²) in [6, 6.07) is 17.2. The van der Waals surface area contributed by atoms with Crippen LogP contribution in [0, 0.1) is 0 Å². The third kappa shape index (κ3) is 4.83. The molecule has 1 saturated heterocycles. The lowest BCUT2D eigenvalue weighted by molar-refractivity contribution is -0.132. The first-order valence-electron chi connectivity index (χ1n) is 11.7. The number of benzene rings is 2. The van der Waals surface area contributed by atoms with Crippen molar-refractivity contribution >= 4 is 23.1 Å². The van der Waals surface area contributed by atoms with E-state index in [-0.39, 0.29) is 22.9 Å². The average Bonchev–Trinajstić information content (AvgIpc) is 3.09. The van der Waals surface area contributed by atoms with E-state index in [2.05, 4.69) is 25.8 Å². The molecule has 2 aromatic carbocycles. The Balaban J connectivity index is 1.82. The summed E-state index contributed by atoms with van der Waals surface area (Å²) in [6.45, 7) is 10.2. The highest BCUT2D eigenvalue weighted by molar-refractivity contribution is 6.51. The molecule has 6 heteroatoms. The second-order valence-corrected chi connectivity index (χ2v) is 9.94. The van der Waals surface area contributed by atoms with Crippen LogP contribution in [0.4, 0.5) is 5.69 Å². The number of Topliss-reactive ketones (excluding diaryl/α,β-unsaturated/α-hetero) is 1. The predicted octanol–water partition coefficient (Wildman–Crippen LogP) is 5.79. The van der Waals surface area contributed by atoms with Gasteiger partial charge in [0, 0.05) is 23.6 Å². The summed E-state index contributed by atoms with van der Waals surface area (Å²) in [5, 5.41) is 11.3. The zero-order chi connectivity index (χ0) is 25.3. The predicted molar refractivity (Wildman–Crippen MR) is 136 cm³/mol. The van der Waals surface area contributed by atoms with Crippen molar-refractivity contribution in [2.45, 2.75) is 52.2 Å². The number of nitrogens with zero attached hydrogens (tertiary/aromatic N) is 2. The Kier molecular flexibility index (Phi) is 6.48. The number of aliphatic hydroxyl groups excluding tert-OH is 1. The molecular weight excluding hydrogens is 440 g/mol. The highest BCUT2D eigenvalue weighted by Gasteiger charge is 2.47. The van der Waals surface area contributed by atoms with Crippen LogP contribution in [0.2, 0.25) is 0 Å². The highest BCUT2D eigenvalue weighted by atomic mass is 16.5. The van der Waals surface area contributed by atoms with Crippen LogP contribution in [-0.2, 0) is 15.0 Å². The molecule has 4 rings (SSSR count). The largest absolute Gasteiger partial charge is 0.507 e. The summed E-state index contributed by atoms with van der Waals surface area (Å²) in [7, 11) is 0. The monoisotopic (exact) mass is 470 g/mol. The molecule has 1 atom stereocenters. The summed E-state index contributed by atoms with van der Waals surface area (Å²) in [5.41, 5.74) is 2.80. The molecule has 0 saturated carbocycles. The van der Waals surface area contributed by atoms with Gasteiger partial charge in [0.25, 0.3) is 11.7 Å². The summed E-state index contributed by atoms with van der Waals surface area (Å²) in [4.78, 5) is 32.1. The molecule has 0 aliphatic carbocycles. The van der Waals surface area contributed by atoms with E-state index in [1.807, 2.05) is 38.1 Å². The molecule has 2 heterocycles. The molecule has 1 N–H and O–H groups in total. The van der Waals surface area contributed by atoms with Crippen LogP contribution in [0.5, 0.6) is 5.75 Å². The Bertz CT molecular complexity index is 1250. The number of hydrogen-bond acceptors (Lipinski definition) is 5. The molecule has 1 unspecified atom stereocenters. The molecule has 3 aromatic rings. The molecule has 0 radical (unpaired) electrons. The van der Waals surface area contributed by atoms with Crippen molar-refractivity contribution in [3.8, 4) is 5.75 Å². The molecule has 0 spiro atoms. The molecular formula is C29H30N2O4. The van der Waals surface area contributed by atoms with Crippen molar-refractivity contribution in [1.29, 1.82) is 0 Å². The number of pyridine rings is 1. The first-order valence-corrected chi connectivity index (χ1v) is 11.7. The summed E-state index contributed by atoms with van der Waals surface area (Å²) < 4.78 is 5.68. The topological polar surface area (TPSA) is 79.7 Å². The van der Waals surface area contributed by atoms with E-state index >= 15 is 0 Å². The number of ether oxygens (including phenoxy) is 1. The summed E-state index contributed by atoms with van der Waals surface area (Å²) in [5.74, 6) is -0.986. The van der Waals surface area contributed by atoms with Crippen LogP contribution in [0.3, 0.4) is 0 Å². The minimum Gasteiger partial charge on any atom is -0.507 e. The van der Waals surface area contributed by atoms with Crippen molar-refractivity contribution in [2.75, 3.05) is 4.90 Å². The number of rotatable bonds is 5. The lowest BCUT2D eigenvalue weighted by Crippen LogP contribution is -2.29. The molecule has 6 nitrogen and oxygen atoms in total. The Morgan fingerprint density at radius 2 is 1.54 bits per heavy atom. The SMILES string of the molecule is CC(C)Oc1ccc(/C(O)=C2\C(=O)C(=O)N(c3ccc(C(C)(C)C)cc3)C2c2ccncc2)cc1. The first-order chi connectivity index (χ1) is 16.6. The number of carbonyl (C=O) groups excluding carboxylic acids is 2. The van der Waals surface area contributed by atoms with E-state index in [4.69, 9.17) is 4.74 Å². The molecule has 180 valence electrons. The van der Waals surface area contributed by atoms with Gasteiger partial charge in [0.1, 0.15) is 11.5 Å². The fourth-order valence-electron chi connectivity index (χ4n) is 4.20. The normalized spacial score (nSPS) is 17.8. The van der Waals surface area contributed by atoms with E-state index in [1.54, 1.807) is 48.8 Å². The first kappa shape index (κ1) is 24.2. The molecule has 0 bridgehead atoms. The molecule has 1 aromatic heterocycles. The van der Waals surface area contributed by atoms with Crippen LogP contribution < -0.4 is 9.64 Å². The van der Waals surface area contributed by atoms with Gasteiger partial charge in [-0.1, -0.05) is 32.9 Å². The van der Waals surface area contributed by atoms with Gasteiger partial charge in [0.05, 0.1) is 17.7 Å². The van der Waals surface area contributed by atoms with Crippen molar-refractivity contribution in [3.05, 3.63) is 95.3 Å². The zero-order valence-corrected chi connectivity index (χ0v) is 20.6. The smallest absolute Gasteiger partial charge is 0.300 e. The van der Waals surface area contributed by atoms with Gasteiger partial charge in [0.2, 0.25) is 0 Å². The van der Waals surface area contributed by atoms with Crippen molar-refractivity contribution in [2.24, 2.45) is 0 Å². The molecule has 1 fully saturated rings. The molecule has 1 amide bonds. The van der Waals surface area contributed by atoms with Crippen molar-refractivity contribution in [1.82, 2.24) is 4.98 Å². The van der Waals surface area contributed by atoms with Gasteiger partial charge in [-0.25, -0.2) is 0 Å². The van der Waals surface area contributed by atoms with E-state index < -0.39 is 17.7 Å². The van der Waals surface area contributed by atoms with Gasteiger partial charge in [-0.05, 0) is 78.9 Å². The third-order valence-corrected chi connectivity index (χ3v) is 5.98. The van der Waals surface area contributed by atoms with Crippen LogP contribution in [-0.4, -0.2) is 27.9 Å². The van der Waals surface area contributed by atoms with Crippen molar-refractivity contribution in [3.63, 3.8) is 0 Å². The quantitative estimate of drug-likeness (QED) is 0.290. The van der Waals surface area contributed by atoms with Gasteiger partial charge in [-0.3, -0.25) is 19.5 Å². The molecule has 35 heavy (non-hydrogen) atoms. The molecule has 1 aliphatic heterocycles. The lowest BCUT2D eigenvalue weighted by Gasteiger charge is -2.26. The van der Waals surface area contributed by atoms with E-state index in [1.165, 1.54) is 4.90 Å². The zero-order valence-electron chi connectivity index (χ0n) is 20.6. The summed E-state index contributed by atoms with van der Waals surface area (Å²) >= 11 is 0. The second kappa shape index (κ2) is 9.37. The standard InChI is InChI=1S/C29H30N2O4/c1-18(2)35-23-12-6-20(7-13-23)26(32)24-25(19-14-16-30-17-15-19)31(28(34)27(24)33)22-10-8-21(9-11-22)29(3,4)5/h6-18,25,32H,1-5H3/b26-24+. The Hall–Kier alpha value is -3.93. The van der Waals surface area contributed by atoms with Crippen LogP contribution in [0.25, 0.3) is 5.76 Å².